The Kier molecular flexibility index (Phi) is 4.14. The summed E-state index contributed by atoms with van der Waals surface area (Å²) in [6.07, 6.45) is 0.988. The molecule has 0 radical (unpaired) electrons. The van der Waals surface area contributed by atoms with Gasteiger partial charge in [0.1, 0.15) is 7.11 Å². The highest BCUT2D eigenvalue weighted by Crippen LogP contribution is 2.35. The molecule has 19 heavy (non-hydrogen) atoms. The Morgan fingerprint density at radius 2 is 2.32 bits per heavy atom. The molecule has 1 heterocycles. The van der Waals surface area contributed by atoms with Gasteiger partial charge in [0.15, 0.2) is 5.17 Å². The fourth-order valence-corrected chi connectivity index (χ4v) is 3.14. The second kappa shape index (κ2) is 5.65. The van der Waals surface area contributed by atoms with E-state index in [9.17, 15) is 0 Å². The van der Waals surface area contributed by atoms with E-state index in [0.29, 0.717) is 5.17 Å². The number of hydrogen-bond acceptors (Lipinski definition) is 5. The lowest BCUT2D eigenvalue weighted by Gasteiger charge is -2.30. The zero-order chi connectivity index (χ0) is 13.9. The van der Waals surface area contributed by atoms with Crippen LogP contribution in [0.4, 0.5) is 0 Å². The number of nitrogens with zero attached hydrogens (tertiary/aromatic N) is 2. The Hall–Kier alpha value is -1.49. The van der Waals surface area contributed by atoms with E-state index in [0.717, 1.165) is 23.4 Å². The van der Waals surface area contributed by atoms with Crippen molar-refractivity contribution >= 4 is 22.6 Å². The lowest BCUT2D eigenvalue weighted by atomic mass is 9.88. The van der Waals surface area contributed by atoms with Crippen LogP contribution in [0.1, 0.15) is 31.4 Å². The molecule has 0 saturated heterocycles. The lowest BCUT2D eigenvalue weighted by Crippen LogP contribution is -2.28. The molecule has 0 aromatic heterocycles. The molecule has 0 amide bonds. The molecule has 0 spiro atoms. The molecule has 0 aliphatic carbocycles. The average Bonchev–Trinajstić information content (AvgIpc) is 2.39. The lowest BCUT2D eigenvalue weighted by molar-refractivity contribution is 0.213. The van der Waals surface area contributed by atoms with Crippen LogP contribution in [0.2, 0.25) is 0 Å². The van der Waals surface area contributed by atoms with Gasteiger partial charge in [-0.3, -0.25) is 4.99 Å². The molecule has 0 fully saturated rings. The first-order valence-corrected chi connectivity index (χ1v) is 7.20. The second-order valence-electron chi connectivity index (χ2n) is 4.76. The fourth-order valence-electron chi connectivity index (χ4n) is 2.16. The van der Waals surface area contributed by atoms with Crippen LogP contribution in [0.3, 0.4) is 0 Å². The van der Waals surface area contributed by atoms with E-state index in [1.54, 1.807) is 18.9 Å². The summed E-state index contributed by atoms with van der Waals surface area (Å²) in [5.74, 6) is 1.00. The number of nitrogens with two attached hydrogens (primary N) is 1. The fraction of sp³-hybridized carbons (Fsp3) is 0.429. The van der Waals surface area contributed by atoms with E-state index in [1.807, 2.05) is 19.1 Å². The SMILES string of the molecule is CO/N=C(\C)c1cccc(C2(C)CCSC(N)=N2)c1. The number of rotatable bonds is 3. The topological polar surface area (TPSA) is 60.0 Å². The van der Waals surface area contributed by atoms with Gasteiger partial charge in [0, 0.05) is 5.75 Å². The van der Waals surface area contributed by atoms with Gasteiger partial charge in [0.05, 0.1) is 11.3 Å². The predicted molar refractivity (Wildman–Crippen MR) is 81.7 cm³/mol. The summed E-state index contributed by atoms with van der Waals surface area (Å²) in [4.78, 5) is 9.44. The molecule has 2 rings (SSSR count). The number of hydrogen-bond donors (Lipinski definition) is 1. The minimum Gasteiger partial charge on any atom is -0.399 e. The van der Waals surface area contributed by atoms with Gasteiger partial charge >= 0.3 is 0 Å². The first kappa shape index (κ1) is 13.9. The van der Waals surface area contributed by atoms with Gasteiger partial charge in [-0.1, -0.05) is 35.1 Å². The van der Waals surface area contributed by atoms with Gasteiger partial charge in [-0.2, -0.15) is 0 Å². The second-order valence-corrected chi connectivity index (χ2v) is 5.88. The van der Waals surface area contributed by atoms with Crippen LogP contribution in [0.5, 0.6) is 0 Å². The quantitative estimate of drug-likeness (QED) is 0.682. The smallest absolute Gasteiger partial charge is 0.154 e. The van der Waals surface area contributed by atoms with Gasteiger partial charge in [-0.15, -0.1) is 0 Å². The summed E-state index contributed by atoms with van der Waals surface area (Å²) < 4.78 is 0. The highest BCUT2D eigenvalue weighted by Gasteiger charge is 2.29. The van der Waals surface area contributed by atoms with Crippen LogP contribution in [0, 0.1) is 0 Å². The van der Waals surface area contributed by atoms with Crippen molar-refractivity contribution in [3.05, 3.63) is 35.4 Å². The maximum atomic E-state index is 5.86. The number of thioether (sulfide) groups is 1. The Labute approximate surface area is 118 Å². The van der Waals surface area contributed by atoms with Crippen molar-refractivity contribution in [3.63, 3.8) is 0 Å². The molecular weight excluding hydrogens is 258 g/mol. The van der Waals surface area contributed by atoms with Crippen LogP contribution >= 0.6 is 11.8 Å². The molecule has 102 valence electrons. The van der Waals surface area contributed by atoms with Crippen LogP contribution in [0.15, 0.2) is 34.4 Å². The van der Waals surface area contributed by atoms with E-state index in [-0.39, 0.29) is 5.54 Å². The zero-order valence-corrected chi connectivity index (χ0v) is 12.3. The molecule has 2 N–H and O–H groups in total. The van der Waals surface area contributed by atoms with Crippen LogP contribution in [0.25, 0.3) is 0 Å². The van der Waals surface area contributed by atoms with Crippen molar-refractivity contribution in [2.45, 2.75) is 25.8 Å². The molecule has 1 unspecified atom stereocenters. The number of benzene rings is 1. The molecule has 1 atom stereocenters. The van der Waals surface area contributed by atoms with Crippen molar-refractivity contribution in [1.82, 2.24) is 0 Å². The molecule has 1 aromatic rings. The van der Waals surface area contributed by atoms with E-state index in [2.05, 4.69) is 29.2 Å². The monoisotopic (exact) mass is 277 g/mol. The molecule has 4 nitrogen and oxygen atoms in total. The maximum absolute atomic E-state index is 5.86. The summed E-state index contributed by atoms with van der Waals surface area (Å²) in [5, 5.41) is 4.64. The molecule has 1 aliphatic heterocycles. The number of amidine groups is 1. The van der Waals surface area contributed by atoms with Gasteiger partial charge < -0.3 is 10.6 Å². The van der Waals surface area contributed by atoms with Crippen molar-refractivity contribution in [3.8, 4) is 0 Å². The third-order valence-electron chi connectivity index (χ3n) is 3.33. The van der Waals surface area contributed by atoms with E-state index < -0.39 is 0 Å². The third-order valence-corrected chi connectivity index (χ3v) is 4.12. The third kappa shape index (κ3) is 3.10. The minimum absolute atomic E-state index is 0.237. The zero-order valence-electron chi connectivity index (χ0n) is 11.5. The number of aliphatic imine (C=N–C) groups is 1. The van der Waals surface area contributed by atoms with E-state index >= 15 is 0 Å². The summed E-state index contributed by atoms with van der Waals surface area (Å²) in [6.45, 7) is 4.06. The molecule has 0 bridgehead atoms. The largest absolute Gasteiger partial charge is 0.399 e. The normalized spacial score (nSPS) is 23.9. The van der Waals surface area contributed by atoms with Crippen LogP contribution < -0.4 is 5.73 Å². The Bertz CT molecular complexity index is 527. The van der Waals surface area contributed by atoms with Crippen molar-refractivity contribution in [2.75, 3.05) is 12.9 Å². The Morgan fingerprint density at radius 3 is 3.00 bits per heavy atom. The maximum Gasteiger partial charge on any atom is 0.154 e. The summed E-state index contributed by atoms with van der Waals surface area (Å²) in [6, 6.07) is 8.26. The van der Waals surface area contributed by atoms with Crippen molar-refractivity contribution in [1.29, 1.82) is 0 Å². The molecular formula is C14H19N3OS. The molecule has 5 heteroatoms. The Balaban J connectivity index is 2.38. The van der Waals surface area contributed by atoms with E-state index in [1.165, 1.54) is 5.56 Å². The molecule has 1 aliphatic rings. The first-order valence-electron chi connectivity index (χ1n) is 6.22. The van der Waals surface area contributed by atoms with E-state index in [4.69, 9.17) is 10.6 Å². The van der Waals surface area contributed by atoms with Gasteiger partial charge in [-0.05, 0) is 37.5 Å². The molecule has 1 aromatic carbocycles. The first-order chi connectivity index (χ1) is 9.05. The van der Waals surface area contributed by atoms with Gasteiger partial charge in [0.25, 0.3) is 0 Å². The minimum atomic E-state index is -0.237. The van der Waals surface area contributed by atoms with Crippen LogP contribution in [-0.4, -0.2) is 23.7 Å². The average molecular weight is 277 g/mol. The van der Waals surface area contributed by atoms with Crippen LogP contribution in [-0.2, 0) is 10.4 Å². The predicted octanol–water partition coefficient (Wildman–Crippen LogP) is 2.72. The number of oxime groups is 1. The summed E-state index contributed by atoms with van der Waals surface area (Å²) in [7, 11) is 1.55. The van der Waals surface area contributed by atoms with Crippen molar-refractivity contribution in [2.24, 2.45) is 15.9 Å². The highest BCUT2D eigenvalue weighted by molar-refractivity contribution is 8.13. The Morgan fingerprint density at radius 1 is 1.53 bits per heavy atom. The molecule has 0 saturated carbocycles. The summed E-state index contributed by atoms with van der Waals surface area (Å²) in [5.41, 5.74) is 8.70. The van der Waals surface area contributed by atoms with Gasteiger partial charge in [-0.25, -0.2) is 0 Å². The van der Waals surface area contributed by atoms with Gasteiger partial charge in [0.2, 0.25) is 0 Å². The standard InChI is InChI=1S/C14H19N3OS/c1-10(17-18-3)11-5-4-6-12(9-11)14(2)7-8-19-13(15)16-14/h4-6,9H,7-8H2,1-3H3,(H2,15,16)/b17-10+. The highest BCUT2D eigenvalue weighted by atomic mass is 32.2. The summed E-state index contributed by atoms with van der Waals surface area (Å²) >= 11 is 1.62. The van der Waals surface area contributed by atoms with Crippen molar-refractivity contribution < 1.29 is 4.84 Å².